The molecule has 0 aromatic heterocycles. The number of aliphatic hydroxyl groups excluding tert-OH is 2. The number of nitrogens with zero attached hydrogens (tertiary/aromatic N) is 1. The summed E-state index contributed by atoms with van der Waals surface area (Å²) in [6.45, 7) is 4.25. The number of hydrogen-bond acceptors (Lipinski definition) is 4. The van der Waals surface area contributed by atoms with Gasteiger partial charge in [-0.05, 0) is 18.8 Å². The van der Waals surface area contributed by atoms with Crippen LogP contribution < -0.4 is 0 Å². The third kappa shape index (κ3) is 1.81. The maximum Gasteiger partial charge on any atom is 0.410 e. The molecule has 90 valence electrons. The predicted molar refractivity (Wildman–Crippen MR) is 56.8 cm³/mol. The van der Waals surface area contributed by atoms with Crippen molar-refractivity contribution in [3.63, 3.8) is 0 Å². The third-order valence-electron chi connectivity index (χ3n) is 3.41. The molecule has 2 fully saturated rings. The van der Waals surface area contributed by atoms with E-state index >= 15 is 0 Å². The fourth-order valence-electron chi connectivity index (χ4n) is 2.52. The summed E-state index contributed by atoms with van der Waals surface area (Å²) >= 11 is 0. The SMILES string of the molecule is C=CCOC(=O)N1C[C@H]2CC[C@@H](O)[C@@H](O)[C@H]21. The van der Waals surface area contributed by atoms with E-state index in [1.807, 2.05) is 0 Å². The van der Waals surface area contributed by atoms with Crippen molar-refractivity contribution in [1.82, 2.24) is 4.90 Å². The molecule has 1 aliphatic heterocycles. The van der Waals surface area contributed by atoms with Gasteiger partial charge in [0.1, 0.15) is 12.7 Å². The Kier molecular flexibility index (Phi) is 3.16. The molecular formula is C11H17NO4. The minimum atomic E-state index is -0.844. The summed E-state index contributed by atoms with van der Waals surface area (Å²) in [5.41, 5.74) is 0. The Labute approximate surface area is 94.3 Å². The molecule has 0 aromatic carbocycles. The highest BCUT2D eigenvalue weighted by Crippen LogP contribution is 2.37. The Bertz CT molecular complexity index is 294. The molecule has 16 heavy (non-hydrogen) atoms. The first-order valence-corrected chi connectivity index (χ1v) is 5.55. The molecule has 0 spiro atoms. The van der Waals surface area contributed by atoms with E-state index in [2.05, 4.69) is 6.58 Å². The van der Waals surface area contributed by atoms with Gasteiger partial charge in [-0.2, -0.15) is 0 Å². The summed E-state index contributed by atoms with van der Waals surface area (Å²) in [7, 11) is 0. The van der Waals surface area contributed by atoms with E-state index in [-0.39, 0.29) is 12.6 Å². The second-order valence-corrected chi connectivity index (χ2v) is 4.40. The molecule has 1 amide bonds. The summed E-state index contributed by atoms with van der Waals surface area (Å²) < 4.78 is 4.90. The number of likely N-dealkylation sites (tertiary alicyclic amines) is 1. The van der Waals surface area contributed by atoms with Crippen molar-refractivity contribution in [2.45, 2.75) is 31.1 Å². The van der Waals surface area contributed by atoms with Crippen LogP contribution >= 0.6 is 0 Å². The lowest BCUT2D eigenvalue weighted by atomic mass is 9.74. The van der Waals surface area contributed by atoms with Crippen molar-refractivity contribution in [2.75, 3.05) is 13.2 Å². The summed E-state index contributed by atoms with van der Waals surface area (Å²) in [4.78, 5) is 13.0. The van der Waals surface area contributed by atoms with Gasteiger partial charge in [-0.25, -0.2) is 4.79 Å². The van der Waals surface area contributed by atoms with Crippen LogP contribution in [0.5, 0.6) is 0 Å². The molecule has 1 heterocycles. The van der Waals surface area contributed by atoms with Crippen LogP contribution in [0.1, 0.15) is 12.8 Å². The van der Waals surface area contributed by atoms with E-state index < -0.39 is 18.3 Å². The van der Waals surface area contributed by atoms with Gasteiger partial charge >= 0.3 is 6.09 Å². The lowest BCUT2D eigenvalue weighted by Crippen LogP contribution is -2.67. The lowest BCUT2D eigenvalue weighted by molar-refractivity contribution is -0.130. The number of fused-ring (bicyclic) bond motifs is 1. The standard InChI is InChI=1S/C11H17NO4/c1-2-5-16-11(15)12-6-7-3-4-8(13)10(14)9(7)12/h2,7-10,13-14H,1,3-6H2/t7-,8-,9+,10-/m1/s1. The zero-order valence-electron chi connectivity index (χ0n) is 9.08. The maximum atomic E-state index is 11.6. The van der Waals surface area contributed by atoms with Crippen molar-refractivity contribution < 1.29 is 19.7 Å². The first-order chi connectivity index (χ1) is 7.65. The van der Waals surface area contributed by atoms with Crippen LogP contribution in [0.25, 0.3) is 0 Å². The first kappa shape index (κ1) is 11.4. The lowest BCUT2D eigenvalue weighted by Gasteiger charge is -2.53. The van der Waals surface area contributed by atoms with Crippen LogP contribution in [0, 0.1) is 5.92 Å². The van der Waals surface area contributed by atoms with E-state index in [0.717, 1.165) is 6.42 Å². The maximum absolute atomic E-state index is 11.6. The highest BCUT2D eigenvalue weighted by molar-refractivity contribution is 5.69. The van der Waals surface area contributed by atoms with Crippen molar-refractivity contribution in [3.05, 3.63) is 12.7 Å². The smallest absolute Gasteiger partial charge is 0.410 e. The number of carbonyl (C=O) groups excluding carboxylic acids is 1. The van der Waals surface area contributed by atoms with Crippen LogP contribution in [0.4, 0.5) is 4.79 Å². The molecule has 2 rings (SSSR count). The molecule has 1 aliphatic carbocycles. The topological polar surface area (TPSA) is 70.0 Å². The Morgan fingerprint density at radius 2 is 2.25 bits per heavy atom. The highest BCUT2D eigenvalue weighted by Gasteiger charge is 2.51. The molecule has 0 aromatic rings. The second kappa shape index (κ2) is 4.43. The Morgan fingerprint density at radius 1 is 1.50 bits per heavy atom. The average Bonchev–Trinajstić information content (AvgIpc) is 2.22. The summed E-state index contributed by atoms with van der Waals surface area (Å²) in [5.74, 6) is 0.301. The van der Waals surface area contributed by atoms with Gasteiger partial charge < -0.3 is 19.8 Å². The molecule has 1 saturated carbocycles. The molecule has 4 atom stereocenters. The van der Waals surface area contributed by atoms with Crippen LogP contribution in [0.3, 0.4) is 0 Å². The minimum Gasteiger partial charge on any atom is -0.445 e. The van der Waals surface area contributed by atoms with E-state index in [1.54, 1.807) is 0 Å². The van der Waals surface area contributed by atoms with Gasteiger partial charge in [-0.15, -0.1) is 0 Å². The van der Waals surface area contributed by atoms with Gasteiger partial charge in [0.05, 0.1) is 12.1 Å². The van der Waals surface area contributed by atoms with Crippen LogP contribution in [-0.2, 0) is 4.74 Å². The fourth-order valence-corrected chi connectivity index (χ4v) is 2.52. The van der Waals surface area contributed by atoms with Crippen LogP contribution in [0.2, 0.25) is 0 Å². The second-order valence-electron chi connectivity index (χ2n) is 4.40. The molecule has 0 bridgehead atoms. The van der Waals surface area contributed by atoms with Gasteiger partial charge in [-0.1, -0.05) is 12.7 Å². The van der Waals surface area contributed by atoms with Gasteiger partial charge in [-0.3, -0.25) is 0 Å². The van der Waals surface area contributed by atoms with Crippen molar-refractivity contribution in [1.29, 1.82) is 0 Å². The normalized spacial score (nSPS) is 37.2. The Balaban J connectivity index is 1.94. The van der Waals surface area contributed by atoms with Crippen molar-refractivity contribution in [2.24, 2.45) is 5.92 Å². The fraction of sp³-hybridized carbons (Fsp3) is 0.727. The highest BCUT2D eigenvalue weighted by atomic mass is 16.6. The third-order valence-corrected chi connectivity index (χ3v) is 3.41. The minimum absolute atomic E-state index is 0.172. The van der Waals surface area contributed by atoms with Gasteiger partial charge in [0.25, 0.3) is 0 Å². The van der Waals surface area contributed by atoms with Crippen molar-refractivity contribution in [3.8, 4) is 0 Å². The number of hydrogen-bond donors (Lipinski definition) is 2. The largest absolute Gasteiger partial charge is 0.445 e. The van der Waals surface area contributed by atoms with E-state index in [4.69, 9.17) is 4.74 Å². The zero-order valence-corrected chi connectivity index (χ0v) is 9.08. The zero-order chi connectivity index (χ0) is 11.7. The molecule has 2 aliphatic rings. The van der Waals surface area contributed by atoms with Crippen LogP contribution in [0.15, 0.2) is 12.7 Å². The van der Waals surface area contributed by atoms with Gasteiger partial charge in [0.2, 0.25) is 0 Å². The monoisotopic (exact) mass is 227 g/mol. The van der Waals surface area contributed by atoms with Gasteiger partial charge in [0, 0.05) is 6.54 Å². The quantitative estimate of drug-likeness (QED) is 0.658. The number of carbonyl (C=O) groups is 1. The molecule has 0 unspecified atom stereocenters. The molecule has 5 nitrogen and oxygen atoms in total. The van der Waals surface area contributed by atoms with E-state index in [1.165, 1.54) is 11.0 Å². The first-order valence-electron chi connectivity index (χ1n) is 5.55. The average molecular weight is 227 g/mol. The van der Waals surface area contributed by atoms with Crippen LogP contribution in [-0.4, -0.2) is 52.6 Å². The number of amides is 1. The molecule has 2 N–H and O–H groups in total. The van der Waals surface area contributed by atoms with Gasteiger partial charge in [0.15, 0.2) is 0 Å². The molecule has 5 heteroatoms. The van der Waals surface area contributed by atoms with Crippen molar-refractivity contribution >= 4 is 6.09 Å². The van der Waals surface area contributed by atoms with E-state index in [0.29, 0.717) is 18.9 Å². The predicted octanol–water partition coefficient (Wildman–Crippen LogP) is 0.125. The summed E-state index contributed by atoms with van der Waals surface area (Å²) in [6.07, 6.45) is 0.960. The summed E-state index contributed by atoms with van der Waals surface area (Å²) in [5, 5.41) is 19.3. The molecule has 0 radical (unpaired) electrons. The number of aliphatic hydroxyl groups is 2. The molecular weight excluding hydrogens is 210 g/mol. The number of ether oxygens (including phenoxy) is 1. The Morgan fingerprint density at radius 3 is 2.94 bits per heavy atom. The molecule has 1 saturated heterocycles. The number of rotatable bonds is 2. The summed E-state index contributed by atoms with van der Waals surface area (Å²) in [6, 6.07) is -0.277. The Hall–Kier alpha value is -1.07. The van der Waals surface area contributed by atoms with E-state index in [9.17, 15) is 15.0 Å².